The fourth-order valence-corrected chi connectivity index (χ4v) is 1.94. The highest BCUT2D eigenvalue weighted by molar-refractivity contribution is 5.73. The molecule has 92 valence electrons. The molecule has 18 heavy (non-hydrogen) atoms. The van der Waals surface area contributed by atoms with E-state index in [1.165, 1.54) is 0 Å². The molecule has 0 saturated heterocycles. The van der Waals surface area contributed by atoms with Gasteiger partial charge in [-0.25, -0.2) is 4.98 Å². The highest BCUT2D eigenvalue weighted by atomic mass is 16.5. The lowest BCUT2D eigenvalue weighted by Gasteiger charge is -2.07. The number of nitrogens with zero attached hydrogens (tertiary/aromatic N) is 5. The molecular weight excluding hydrogens is 230 g/mol. The average molecular weight is 243 g/mol. The summed E-state index contributed by atoms with van der Waals surface area (Å²) in [7, 11) is 1.59. The number of pyridine rings is 1. The number of rotatable bonds is 2. The molecule has 0 fully saturated rings. The van der Waals surface area contributed by atoms with E-state index in [1.807, 2.05) is 10.5 Å². The largest absolute Gasteiger partial charge is 0.481 e. The Kier molecular flexibility index (Phi) is 2.36. The van der Waals surface area contributed by atoms with Gasteiger partial charge in [0.05, 0.1) is 13.3 Å². The first-order chi connectivity index (χ1) is 8.70. The van der Waals surface area contributed by atoms with Crippen molar-refractivity contribution in [3.63, 3.8) is 0 Å². The number of methoxy groups -OCH3 is 1. The van der Waals surface area contributed by atoms with Gasteiger partial charge in [-0.3, -0.25) is 4.40 Å². The van der Waals surface area contributed by atoms with Gasteiger partial charge in [0.25, 0.3) is 0 Å². The summed E-state index contributed by atoms with van der Waals surface area (Å²) in [5.41, 5.74) is 2.15. The van der Waals surface area contributed by atoms with Crippen molar-refractivity contribution >= 4 is 16.8 Å². The van der Waals surface area contributed by atoms with E-state index in [1.54, 1.807) is 19.4 Å². The Bertz CT molecular complexity index is 719. The summed E-state index contributed by atoms with van der Waals surface area (Å²) in [5.74, 6) is 1.76. The van der Waals surface area contributed by atoms with Crippen molar-refractivity contribution in [2.75, 3.05) is 7.11 Å². The zero-order chi connectivity index (χ0) is 12.7. The Morgan fingerprint density at radius 3 is 2.78 bits per heavy atom. The van der Waals surface area contributed by atoms with E-state index in [4.69, 9.17) is 4.74 Å². The minimum absolute atomic E-state index is 0.285. The summed E-state index contributed by atoms with van der Waals surface area (Å²) in [6.07, 6.45) is 1.71. The molecule has 0 radical (unpaired) electrons. The molecule has 0 bridgehead atoms. The molecule has 3 heterocycles. The van der Waals surface area contributed by atoms with Gasteiger partial charge in [0.1, 0.15) is 11.3 Å². The second kappa shape index (κ2) is 3.90. The Hall–Kier alpha value is -2.24. The zero-order valence-corrected chi connectivity index (χ0v) is 10.5. The van der Waals surface area contributed by atoms with E-state index < -0.39 is 0 Å². The van der Waals surface area contributed by atoms with Crippen molar-refractivity contribution in [1.29, 1.82) is 0 Å². The minimum Gasteiger partial charge on any atom is -0.481 e. The van der Waals surface area contributed by atoms with Crippen molar-refractivity contribution in [3.8, 4) is 5.88 Å². The Morgan fingerprint density at radius 1 is 1.22 bits per heavy atom. The minimum atomic E-state index is 0.285. The predicted octanol–water partition coefficient (Wildman–Crippen LogP) is 1.80. The van der Waals surface area contributed by atoms with Crippen LogP contribution in [-0.4, -0.2) is 31.7 Å². The van der Waals surface area contributed by atoms with Crippen LogP contribution in [0.15, 0.2) is 18.3 Å². The number of imidazole rings is 1. The third-order valence-corrected chi connectivity index (χ3v) is 2.80. The first kappa shape index (κ1) is 10.9. The third kappa shape index (κ3) is 1.49. The number of ether oxygens (including phenoxy) is 1. The Balaban J connectivity index is 2.44. The van der Waals surface area contributed by atoms with Crippen LogP contribution in [0, 0.1) is 0 Å². The number of hydrogen-bond donors (Lipinski definition) is 0. The summed E-state index contributed by atoms with van der Waals surface area (Å²) in [6, 6.07) is 3.62. The van der Waals surface area contributed by atoms with Crippen LogP contribution in [-0.2, 0) is 0 Å². The first-order valence-corrected chi connectivity index (χ1v) is 5.75. The van der Waals surface area contributed by atoms with E-state index in [2.05, 4.69) is 34.0 Å². The molecule has 0 saturated carbocycles. The molecule has 0 amide bonds. The van der Waals surface area contributed by atoms with E-state index in [0.717, 1.165) is 17.0 Å². The predicted molar refractivity (Wildman–Crippen MR) is 66.7 cm³/mol. The molecule has 0 aromatic carbocycles. The maximum Gasteiger partial charge on any atom is 0.215 e. The summed E-state index contributed by atoms with van der Waals surface area (Å²) < 4.78 is 7.08. The van der Waals surface area contributed by atoms with Gasteiger partial charge in [-0.15, -0.1) is 10.2 Å². The maximum atomic E-state index is 5.16. The van der Waals surface area contributed by atoms with E-state index in [-0.39, 0.29) is 5.92 Å². The topological polar surface area (TPSA) is 65.2 Å². The molecule has 0 aliphatic carbocycles. The van der Waals surface area contributed by atoms with Gasteiger partial charge in [0.15, 0.2) is 11.3 Å². The molecule has 6 heteroatoms. The molecule has 0 atom stereocenters. The summed E-state index contributed by atoms with van der Waals surface area (Å²) in [5, 5.41) is 8.27. The fraction of sp³-hybridized carbons (Fsp3) is 0.333. The lowest BCUT2D eigenvalue weighted by molar-refractivity contribution is 0.399. The van der Waals surface area contributed by atoms with Crippen molar-refractivity contribution in [2.45, 2.75) is 19.8 Å². The molecule has 3 rings (SSSR count). The lowest BCUT2D eigenvalue weighted by Crippen LogP contribution is -2.03. The Morgan fingerprint density at radius 2 is 2.06 bits per heavy atom. The van der Waals surface area contributed by atoms with Crippen LogP contribution in [0.4, 0.5) is 0 Å². The standard InChI is InChI=1S/C12H13N5O/c1-7(2)11-13-6-9-16-15-8-4-5-10(18-3)14-12(8)17(9)11/h4-7H,1-3H3. The van der Waals surface area contributed by atoms with Crippen LogP contribution in [0.25, 0.3) is 16.8 Å². The zero-order valence-electron chi connectivity index (χ0n) is 10.5. The highest BCUT2D eigenvalue weighted by Gasteiger charge is 2.13. The molecule has 0 spiro atoms. The molecule has 0 unspecified atom stereocenters. The summed E-state index contributed by atoms with van der Waals surface area (Å²) in [6.45, 7) is 4.17. The van der Waals surface area contributed by atoms with Crippen LogP contribution >= 0.6 is 0 Å². The van der Waals surface area contributed by atoms with Crippen molar-refractivity contribution in [2.24, 2.45) is 0 Å². The van der Waals surface area contributed by atoms with Crippen LogP contribution in [0.1, 0.15) is 25.6 Å². The van der Waals surface area contributed by atoms with Gasteiger partial charge in [0, 0.05) is 12.0 Å². The van der Waals surface area contributed by atoms with Crippen molar-refractivity contribution in [3.05, 3.63) is 24.2 Å². The molecule has 0 aliphatic rings. The molecular formula is C12H13N5O. The van der Waals surface area contributed by atoms with Gasteiger partial charge >= 0.3 is 0 Å². The van der Waals surface area contributed by atoms with Crippen LogP contribution in [0.2, 0.25) is 0 Å². The average Bonchev–Trinajstić information content (AvgIpc) is 2.82. The van der Waals surface area contributed by atoms with Gasteiger partial charge in [-0.2, -0.15) is 4.98 Å². The fourth-order valence-electron chi connectivity index (χ4n) is 1.94. The van der Waals surface area contributed by atoms with E-state index in [0.29, 0.717) is 11.5 Å². The van der Waals surface area contributed by atoms with Gasteiger partial charge in [0.2, 0.25) is 5.88 Å². The van der Waals surface area contributed by atoms with E-state index in [9.17, 15) is 0 Å². The van der Waals surface area contributed by atoms with Crippen molar-refractivity contribution in [1.82, 2.24) is 24.6 Å². The van der Waals surface area contributed by atoms with Gasteiger partial charge in [-0.05, 0) is 6.07 Å². The molecule has 0 aliphatic heterocycles. The highest BCUT2D eigenvalue weighted by Crippen LogP contribution is 2.20. The molecule has 3 aromatic heterocycles. The molecule has 6 nitrogen and oxygen atoms in total. The number of hydrogen-bond acceptors (Lipinski definition) is 5. The SMILES string of the molecule is COc1ccc2nnc3cnc(C(C)C)n3c2n1. The first-order valence-electron chi connectivity index (χ1n) is 5.75. The molecule has 0 N–H and O–H groups in total. The Labute approximate surface area is 104 Å². The van der Waals surface area contributed by atoms with Crippen LogP contribution in [0.5, 0.6) is 5.88 Å². The van der Waals surface area contributed by atoms with Gasteiger partial charge in [-0.1, -0.05) is 13.8 Å². The monoisotopic (exact) mass is 243 g/mol. The third-order valence-electron chi connectivity index (χ3n) is 2.80. The quantitative estimate of drug-likeness (QED) is 0.686. The maximum absolute atomic E-state index is 5.16. The van der Waals surface area contributed by atoms with E-state index >= 15 is 0 Å². The number of fused-ring (bicyclic) bond motifs is 3. The normalized spacial score (nSPS) is 11.6. The van der Waals surface area contributed by atoms with Crippen molar-refractivity contribution < 1.29 is 4.74 Å². The second-order valence-electron chi connectivity index (χ2n) is 4.36. The number of aromatic nitrogens is 5. The summed E-state index contributed by atoms with van der Waals surface area (Å²) >= 11 is 0. The van der Waals surface area contributed by atoms with Gasteiger partial charge < -0.3 is 4.74 Å². The lowest BCUT2D eigenvalue weighted by atomic mass is 10.2. The summed E-state index contributed by atoms with van der Waals surface area (Å²) in [4.78, 5) is 8.82. The van der Waals surface area contributed by atoms with Crippen LogP contribution < -0.4 is 4.74 Å². The second-order valence-corrected chi connectivity index (χ2v) is 4.36. The molecule has 3 aromatic rings. The smallest absolute Gasteiger partial charge is 0.215 e. The van der Waals surface area contributed by atoms with Crippen LogP contribution in [0.3, 0.4) is 0 Å².